The van der Waals surface area contributed by atoms with Gasteiger partial charge in [0.05, 0.1) is 23.6 Å². The van der Waals surface area contributed by atoms with Crippen molar-refractivity contribution in [2.75, 3.05) is 63.9 Å². The first-order chi connectivity index (χ1) is 28.2. The first kappa shape index (κ1) is 38.1. The second-order valence-electron chi connectivity index (χ2n) is 16.7. The number of aryl methyl sites for hydroxylation is 1. The Kier molecular flexibility index (Phi) is 10.6. The molecular formula is C47H49FN4O6. The average molecular weight is 785 g/mol. The van der Waals surface area contributed by atoms with Crippen LogP contribution in [0.25, 0.3) is 0 Å². The summed E-state index contributed by atoms with van der Waals surface area (Å²) < 4.78 is 20.0. The van der Waals surface area contributed by atoms with Gasteiger partial charge >= 0.3 is 0 Å². The Morgan fingerprint density at radius 1 is 0.724 bits per heavy atom. The zero-order valence-electron chi connectivity index (χ0n) is 32.7. The smallest absolute Gasteiger partial charge is 0.262 e. The van der Waals surface area contributed by atoms with Gasteiger partial charge in [0.1, 0.15) is 29.7 Å². The van der Waals surface area contributed by atoms with E-state index >= 15 is 0 Å². The maximum Gasteiger partial charge on any atom is 0.262 e. The lowest BCUT2D eigenvalue weighted by molar-refractivity contribution is -0.132. The zero-order chi connectivity index (χ0) is 39.9. The number of Topliss-reactive ketones (excluding diaryl/α,β-unsaturated/α-hetero) is 2. The van der Waals surface area contributed by atoms with Crippen molar-refractivity contribution in [1.82, 2.24) is 14.7 Å². The summed E-state index contributed by atoms with van der Waals surface area (Å²) in [6.07, 6.45) is 3.12. The summed E-state index contributed by atoms with van der Waals surface area (Å²) in [4.78, 5) is 59.1. The van der Waals surface area contributed by atoms with E-state index in [9.17, 15) is 28.7 Å². The minimum absolute atomic E-state index is 0.0897. The number of benzene rings is 4. The van der Waals surface area contributed by atoms with E-state index < -0.39 is 17.9 Å². The van der Waals surface area contributed by atoms with Crippen molar-refractivity contribution in [2.45, 2.75) is 56.4 Å². The van der Waals surface area contributed by atoms with Crippen LogP contribution in [0.1, 0.15) is 86.9 Å². The number of carbonyl (C=O) groups excluding carboxylic acids is 4. The summed E-state index contributed by atoms with van der Waals surface area (Å²) >= 11 is 0. The predicted octanol–water partition coefficient (Wildman–Crippen LogP) is 6.20. The largest absolute Gasteiger partial charge is 0.508 e. The molecule has 0 bridgehead atoms. The van der Waals surface area contributed by atoms with Crippen molar-refractivity contribution >= 4 is 29.1 Å². The Balaban J connectivity index is 0.742. The molecular weight excluding hydrogens is 736 g/mol. The third-order valence-electron chi connectivity index (χ3n) is 13.1. The van der Waals surface area contributed by atoms with Crippen LogP contribution in [-0.2, 0) is 16.0 Å². The third kappa shape index (κ3) is 7.65. The monoisotopic (exact) mass is 784 g/mol. The van der Waals surface area contributed by atoms with Gasteiger partial charge in [-0.3, -0.25) is 33.9 Å². The molecule has 2 saturated heterocycles. The van der Waals surface area contributed by atoms with Gasteiger partial charge in [-0.05, 0) is 121 Å². The summed E-state index contributed by atoms with van der Waals surface area (Å²) in [5, 5.41) is 10.2. The maximum absolute atomic E-state index is 13.8. The molecule has 1 N–H and O–H groups in total. The van der Waals surface area contributed by atoms with Crippen LogP contribution >= 0.6 is 0 Å². The molecule has 1 unspecified atom stereocenters. The van der Waals surface area contributed by atoms with Gasteiger partial charge < -0.3 is 14.7 Å². The number of aromatic hydroxyl groups is 1. The molecule has 3 fully saturated rings. The lowest BCUT2D eigenvalue weighted by Crippen LogP contribution is -2.48. The van der Waals surface area contributed by atoms with Gasteiger partial charge in [0.25, 0.3) is 11.8 Å². The van der Waals surface area contributed by atoms with Crippen molar-refractivity contribution < 1.29 is 33.4 Å². The molecule has 58 heavy (non-hydrogen) atoms. The highest BCUT2D eigenvalue weighted by molar-refractivity contribution is 6.24. The Morgan fingerprint density at radius 2 is 1.48 bits per heavy atom. The van der Waals surface area contributed by atoms with Crippen LogP contribution in [0.3, 0.4) is 0 Å². The lowest BCUT2D eigenvalue weighted by atomic mass is 9.69. The van der Waals surface area contributed by atoms with Crippen LogP contribution in [0.15, 0.2) is 84.9 Å². The number of carbonyl (C=O) groups is 4. The molecule has 0 radical (unpaired) electrons. The summed E-state index contributed by atoms with van der Waals surface area (Å²) in [5.41, 5.74) is 6.23. The van der Waals surface area contributed by atoms with E-state index in [2.05, 4.69) is 39.0 Å². The highest BCUT2D eigenvalue weighted by atomic mass is 19.1. The fraction of sp³-hybridized carbons (Fsp3) is 0.404. The van der Waals surface area contributed by atoms with Gasteiger partial charge in [-0.25, -0.2) is 4.39 Å². The first-order valence-electron chi connectivity index (χ1n) is 20.7. The molecule has 3 aliphatic heterocycles. The average Bonchev–Trinajstić information content (AvgIpc) is 3.78. The molecule has 4 atom stereocenters. The Bertz CT molecular complexity index is 2220. The number of halogens is 1. The van der Waals surface area contributed by atoms with Crippen molar-refractivity contribution in [3.63, 3.8) is 0 Å². The number of imide groups is 1. The van der Waals surface area contributed by atoms with Gasteiger partial charge in [0.2, 0.25) is 0 Å². The molecule has 2 aliphatic carbocycles. The van der Waals surface area contributed by atoms with Crippen LogP contribution in [0.4, 0.5) is 10.1 Å². The van der Waals surface area contributed by atoms with E-state index in [1.54, 1.807) is 18.2 Å². The fourth-order valence-corrected chi connectivity index (χ4v) is 10.0. The summed E-state index contributed by atoms with van der Waals surface area (Å²) in [6.45, 7) is 8.07. The minimum Gasteiger partial charge on any atom is -0.508 e. The third-order valence-corrected chi connectivity index (χ3v) is 13.1. The van der Waals surface area contributed by atoms with E-state index in [-0.39, 0.29) is 54.2 Å². The number of ether oxygens (including phenoxy) is 1. The summed E-state index contributed by atoms with van der Waals surface area (Å²) in [6, 6.07) is 25.5. The number of ketones is 2. The molecule has 1 saturated carbocycles. The molecule has 5 aliphatic rings. The first-order valence-corrected chi connectivity index (χ1v) is 20.7. The van der Waals surface area contributed by atoms with E-state index in [1.807, 2.05) is 30.3 Å². The number of rotatable bonds is 10. The summed E-state index contributed by atoms with van der Waals surface area (Å²) in [7, 11) is 0. The van der Waals surface area contributed by atoms with Crippen LogP contribution in [0.2, 0.25) is 0 Å². The molecule has 0 aromatic heterocycles. The second-order valence-corrected chi connectivity index (χ2v) is 16.7. The molecule has 11 heteroatoms. The van der Waals surface area contributed by atoms with Gasteiger partial charge in [0.15, 0.2) is 5.78 Å². The van der Waals surface area contributed by atoms with Crippen LogP contribution in [0, 0.1) is 11.7 Å². The molecule has 4 aromatic carbocycles. The van der Waals surface area contributed by atoms with Crippen molar-refractivity contribution in [3.8, 4) is 11.5 Å². The minimum atomic E-state index is -0.858. The van der Waals surface area contributed by atoms with E-state index in [0.29, 0.717) is 23.7 Å². The van der Waals surface area contributed by atoms with Crippen LogP contribution < -0.4 is 9.64 Å². The molecule has 2 amide bonds. The number of nitrogens with zero attached hydrogens (tertiary/aromatic N) is 4. The highest BCUT2D eigenvalue weighted by Gasteiger charge is 2.44. The van der Waals surface area contributed by atoms with Crippen LogP contribution in [-0.4, -0.2) is 108 Å². The van der Waals surface area contributed by atoms with E-state index in [4.69, 9.17) is 4.74 Å². The number of phenolic OH excluding ortho intramolecular Hbond substituents is 1. The van der Waals surface area contributed by atoms with Crippen molar-refractivity contribution in [1.29, 1.82) is 0 Å². The normalized spacial score (nSPS) is 24.0. The number of piperazine rings is 1. The Morgan fingerprint density at radius 3 is 2.26 bits per heavy atom. The number of likely N-dealkylation sites (tertiary alicyclic amines) is 1. The lowest BCUT2D eigenvalue weighted by Gasteiger charge is -2.37. The number of fused-ring (bicyclic) bond motifs is 2. The molecule has 0 spiro atoms. The van der Waals surface area contributed by atoms with Gasteiger partial charge in [0, 0.05) is 63.8 Å². The molecule has 3 heterocycles. The summed E-state index contributed by atoms with van der Waals surface area (Å²) in [5.74, 6) is 0.385. The molecule has 9 rings (SSSR count). The molecule has 300 valence electrons. The van der Waals surface area contributed by atoms with Gasteiger partial charge in [-0.2, -0.15) is 0 Å². The number of hydrogen-bond donors (Lipinski definition) is 1. The van der Waals surface area contributed by atoms with Crippen molar-refractivity contribution in [2.24, 2.45) is 5.92 Å². The number of phenols is 1. The molecule has 4 aromatic rings. The topological polar surface area (TPSA) is 111 Å². The molecule has 10 nitrogen and oxygen atoms in total. The number of anilines is 1. The van der Waals surface area contributed by atoms with E-state index in [1.165, 1.54) is 23.3 Å². The standard InChI is InChI=1S/C47H49FN4O6/c48-34-6-1-31(2-7-34)39-13-5-33-25-36(53)9-15-40(33)45(39)32-3-11-38(12-4-32)58-24-23-49-18-17-30(28-49)29-50-19-21-51(22-20-50)35-8-14-41-42(26-35)47(57)52(46(41)56)43-16-10-37(54)27-44(43)55/h1-4,6-9,11-12,14-15,25-26,30,39,43,45,53H,5,10,13,16-24,27-29H2/t30-,39+,43?,45-/m0/s1. The number of hydrogen-bond acceptors (Lipinski definition) is 9. The fourth-order valence-electron chi connectivity index (χ4n) is 10.0. The number of amides is 2. The second kappa shape index (κ2) is 16.1. The zero-order valence-corrected chi connectivity index (χ0v) is 32.7. The SMILES string of the molecule is O=C1CCC(N2C(=O)c3ccc(N4CCN(C[C@H]5CCN(CCOc6ccc([C@@H]7c8ccc(O)cc8CC[C@@H]7c7ccc(F)cc7)cc6)C5)CC4)cc3C2=O)C(=O)C1. The quantitative estimate of drug-likeness (QED) is 0.149. The van der Waals surface area contributed by atoms with Gasteiger partial charge in [-0.15, -0.1) is 0 Å². The Labute approximate surface area is 338 Å². The highest BCUT2D eigenvalue weighted by Crippen LogP contribution is 2.47. The van der Waals surface area contributed by atoms with Crippen molar-refractivity contribution in [3.05, 3.63) is 124 Å². The van der Waals surface area contributed by atoms with E-state index in [0.717, 1.165) is 99.1 Å². The Hall–Kier alpha value is -5.39. The van der Waals surface area contributed by atoms with Gasteiger partial charge in [-0.1, -0.05) is 30.3 Å². The van der Waals surface area contributed by atoms with Crippen LogP contribution in [0.5, 0.6) is 11.5 Å². The maximum atomic E-state index is 13.8. The predicted molar refractivity (Wildman–Crippen MR) is 217 cm³/mol.